The van der Waals surface area contributed by atoms with Gasteiger partial charge in [0.2, 0.25) is 0 Å². The lowest BCUT2D eigenvalue weighted by atomic mass is 10.1. The maximum atomic E-state index is 13.8. The summed E-state index contributed by atoms with van der Waals surface area (Å²) in [5.74, 6) is 1.13. The van der Waals surface area contributed by atoms with Gasteiger partial charge in [-0.2, -0.15) is 0 Å². The van der Waals surface area contributed by atoms with E-state index in [2.05, 4.69) is 34.1 Å². The average Bonchev–Trinajstić information content (AvgIpc) is 3.27. The molecule has 41 heavy (non-hydrogen) atoms. The summed E-state index contributed by atoms with van der Waals surface area (Å²) in [6, 6.07) is 23.5. The fraction of sp³-hybridized carbons (Fsp3) is 0.226. The van der Waals surface area contributed by atoms with Crippen molar-refractivity contribution in [3.8, 4) is 5.75 Å². The minimum absolute atomic E-state index is 0.210. The van der Waals surface area contributed by atoms with Crippen LogP contribution < -0.4 is 15.2 Å². The molecule has 0 radical (unpaired) electrons. The number of piperazine rings is 1. The number of fused-ring (bicyclic) bond motifs is 1. The van der Waals surface area contributed by atoms with Gasteiger partial charge in [-0.1, -0.05) is 72.5 Å². The molecule has 0 N–H and O–H groups in total. The molecule has 2 saturated heterocycles. The van der Waals surface area contributed by atoms with Gasteiger partial charge in [0.1, 0.15) is 21.5 Å². The molecular weight excluding hydrogens is 555 g/mol. The average molecular weight is 584 g/mol. The lowest BCUT2D eigenvalue weighted by Gasteiger charge is -2.36. The number of ether oxygens (including phenoxy) is 1. The van der Waals surface area contributed by atoms with Crippen LogP contribution in [0.3, 0.4) is 0 Å². The van der Waals surface area contributed by atoms with Crippen molar-refractivity contribution < 1.29 is 9.53 Å². The van der Waals surface area contributed by atoms with E-state index in [0.717, 1.165) is 44.0 Å². The minimum atomic E-state index is -0.216. The zero-order valence-electron chi connectivity index (χ0n) is 22.6. The molecule has 2 aromatic carbocycles. The first-order valence-corrected chi connectivity index (χ1v) is 14.6. The lowest BCUT2D eigenvalue weighted by Crippen LogP contribution is -2.47. The fourth-order valence-corrected chi connectivity index (χ4v) is 6.34. The third-order valence-corrected chi connectivity index (χ3v) is 8.70. The molecule has 10 heteroatoms. The van der Waals surface area contributed by atoms with Crippen LogP contribution in [0.1, 0.15) is 16.7 Å². The molecule has 0 unspecified atom stereocenters. The van der Waals surface area contributed by atoms with Crippen molar-refractivity contribution in [1.82, 2.24) is 19.2 Å². The molecule has 0 spiro atoms. The number of benzene rings is 2. The quantitative estimate of drug-likeness (QED) is 0.234. The van der Waals surface area contributed by atoms with Crippen molar-refractivity contribution >= 4 is 51.7 Å². The molecule has 2 aromatic heterocycles. The molecule has 0 saturated carbocycles. The van der Waals surface area contributed by atoms with Crippen LogP contribution in [0.2, 0.25) is 0 Å². The summed E-state index contributed by atoms with van der Waals surface area (Å²) in [7, 11) is 1.62. The molecule has 6 rings (SSSR count). The molecule has 0 atom stereocenters. The van der Waals surface area contributed by atoms with Gasteiger partial charge in [-0.25, -0.2) is 4.98 Å². The topological polar surface area (TPSA) is 70.4 Å². The normalized spacial score (nSPS) is 17.1. The van der Waals surface area contributed by atoms with Gasteiger partial charge in [-0.15, -0.1) is 0 Å². The largest absolute Gasteiger partial charge is 0.497 e. The van der Waals surface area contributed by atoms with Crippen molar-refractivity contribution in [3.63, 3.8) is 0 Å². The predicted octanol–water partition coefficient (Wildman–Crippen LogP) is 4.43. The number of aromatic nitrogens is 2. The van der Waals surface area contributed by atoms with E-state index in [1.54, 1.807) is 30.3 Å². The number of anilines is 1. The van der Waals surface area contributed by atoms with Crippen molar-refractivity contribution in [3.05, 3.63) is 111 Å². The monoisotopic (exact) mass is 583 g/mol. The molecule has 208 valence electrons. The lowest BCUT2D eigenvalue weighted by molar-refractivity contribution is -0.122. The Kier molecular flexibility index (Phi) is 7.86. The third kappa shape index (κ3) is 5.76. The number of carbonyl (C=O) groups is 1. The van der Waals surface area contributed by atoms with Crippen molar-refractivity contribution in [2.45, 2.75) is 13.1 Å². The smallest absolute Gasteiger partial charge is 0.267 e. The Morgan fingerprint density at radius 2 is 1.61 bits per heavy atom. The standard InChI is InChI=1S/C31H29N5O3S2/c1-39-24-12-10-23(11-13-24)21-36-30(38)26(41-31(36)40)19-25-28(32-27-9-5-6-14-35(27)29(25)37)34-17-15-33(16-18-34)20-22-7-3-2-4-8-22/h2-14,19H,15-18,20-21H2,1H3/b26-19+. The molecule has 2 fully saturated rings. The summed E-state index contributed by atoms with van der Waals surface area (Å²) in [5.41, 5.74) is 2.97. The number of methoxy groups -OCH3 is 1. The Morgan fingerprint density at radius 1 is 0.902 bits per heavy atom. The maximum absolute atomic E-state index is 13.8. The number of nitrogens with zero attached hydrogens (tertiary/aromatic N) is 5. The van der Waals surface area contributed by atoms with Crippen LogP contribution in [-0.4, -0.2) is 62.7 Å². The Balaban J connectivity index is 1.28. The number of rotatable bonds is 7. The summed E-state index contributed by atoms with van der Waals surface area (Å²) >= 11 is 6.80. The second kappa shape index (κ2) is 11.9. The van der Waals surface area contributed by atoms with Gasteiger partial charge in [-0.3, -0.25) is 23.8 Å². The Bertz CT molecular complexity index is 1680. The highest BCUT2D eigenvalue weighted by Gasteiger charge is 2.33. The van der Waals surface area contributed by atoms with E-state index in [-0.39, 0.29) is 11.5 Å². The second-order valence-electron chi connectivity index (χ2n) is 9.95. The molecule has 4 aromatic rings. The molecular formula is C31H29N5O3S2. The van der Waals surface area contributed by atoms with E-state index in [1.165, 1.54) is 21.7 Å². The van der Waals surface area contributed by atoms with Gasteiger partial charge in [0.25, 0.3) is 11.5 Å². The molecule has 0 bridgehead atoms. The first-order chi connectivity index (χ1) is 20.0. The zero-order chi connectivity index (χ0) is 28.3. The van der Waals surface area contributed by atoms with Crippen LogP contribution in [0, 0.1) is 0 Å². The van der Waals surface area contributed by atoms with Crippen LogP contribution in [0.4, 0.5) is 5.82 Å². The summed E-state index contributed by atoms with van der Waals surface area (Å²) in [6.07, 6.45) is 3.38. The highest BCUT2D eigenvalue weighted by Crippen LogP contribution is 2.35. The van der Waals surface area contributed by atoms with Gasteiger partial charge in [0.05, 0.1) is 24.1 Å². The summed E-state index contributed by atoms with van der Waals surface area (Å²) in [5, 5.41) is 0. The van der Waals surface area contributed by atoms with Gasteiger partial charge < -0.3 is 9.64 Å². The van der Waals surface area contributed by atoms with E-state index < -0.39 is 0 Å². The van der Waals surface area contributed by atoms with E-state index in [1.807, 2.05) is 42.5 Å². The summed E-state index contributed by atoms with van der Waals surface area (Å²) in [4.78, 5) is 38.7. The number of carbonyl (C=O) groups excluding carboxylic acids is 1. The Labute approximate surface area is 247 Å². The zero-order valence-corrected chi connectivity index (χ0v) is 24.2. The van der Waals surface area contributed by atoms with Crippen molar-refractivity contribution in [2.75, 3.05) is 38.2 Å². The van der Waals surface area contributed by atoms with Crippen LogP contribution in [0.5, 0.6) is 5.75 Å². The highest BCUT2D eigenvalue weighted by molar-refractivity contribution is 8.26. The minimum Gasteiger partial charge on any atom is -0.497 e. The molecule has 2 aliphatic heterocycles. The number of thiocarbonyl (C=S) groups is 1. The number of amides is 1. The van der Waals surface area contributed by atoms with Crippen LogP contribution in [0.15, 0.2) is 88.7 Å². The molecule has 1 amide bonds. The van der Waals surface area contributed by atoms with Gasteiger partial charge in [-0.05, 0) is 41.5 Å². The summed E-state index contributed by atoms with van der Waals surface area (Å²) in [6.45, 7) is 4.36. The van der Waals surface area contributed by atoms with E-state index in [0.29, 0.717) is 32.8 Å². The van der Waals surface area contributed by atoms with Crippen LogP contribution in [0.25, 0.3) is 11.7 Å². The van der Waals surface area contributed by atoms with E-state index in [9.17, 15) is 9.59 Å². The maximum Gasteiger partial charge on any atom is 0.267 e. The Morgan fingerprint density at radius 3 is 2.34 bits per heavy atom. The van der Waals surface area contributed by atoms with Crippen LogP contribution >= 0.6 is 24.0 Å². The number of hydrogen-bond donors (Lipinski definition) is 0. The number of thioether (sulfide) groups is 1. The first-order valence-electron chi connectivity index (χ1n) is 13.4. The first kappa shape index (κ1) is 27.2. The molecule has 2 aliphatic rings. The van der Waals surface area contributed by atoms with Crippen molar-refractivity contribution in [2.24, 2.45) is 0 Å². The van der Waals surface area contributed by atoms with Gasteiger partial charge in [0.15, 0.2) is 0 Å². The third-order valence-electron chi connectivity index (χ3n) is 7.32. The van der Waals surface area contributed by atoms with Crippen LogP contribution in [-0.2, 0) is 17.9 Å². The predicted molar refractivity (Wildman–Crippen MR) is 167 cm³/mol. The number of hydrogen-bond acceptors (Lipinski definition) is 8. The van der Waals surface area contributed by atoms with Crippen molar-refractivity contribution in [1.29, 1.82) is 0 Å². The highest BCUT2D eigenvalue weighted by atomic mass is 32.2. The molecule has 8 nitrogen and oxygen atoms in total. The molecule has 0 aliphatic carbocycles. The Hall–Kier alpha value is -3.99. The SMILES string of the molecule is COc1ccc(CN2C(=O)/C(=C\c3c(N4CCN(Cc5ccccc5)CC4)nc4ccccn4c3=O)SC2=S)cc1. The molecule has 4 heterocycles. The van der Waals surface area contributed by atoms with Gasteiger partial charge in [0, 0.05) is 38.9 Å². The second-order valence-corrected chi connectivity index (χ2v) is 11.6. The van der Waals surface area contributed by atoms with E-state index in [4.69, 9.17) is 21.9 Å². The number of pyridine rings is 1. The fourth-order valence-electron chi connectivity index (χ4n) is 5.10. The summed E-state index contributed by atoms with van der Waals surface area (Å²) < 4.78 is 7.22. The van der Waals surface area contributed by atoms with E-state index >= 15 is 0 Å². The van der Waals surface area contributed by atoms with Gasteiger partial charge >= 0.3 is 0 Å².